The summed E-state index contributed by atoms with van der Waals surface area (Å²) in [6.07, 6.45) is 6.78. The molecule has 2 nitrogen and oxygen atoms in total. The predicted octanol–water partition coefficient (Wildman–Crippen LogP) is 2.21. The standard InChI is InChI=1S/C12H18O2S/c1-14-12-9-10(6-7-11(12)13)5-4-8-15(2)3/h6-7,9H,4-5,8H2,1-3H3/p+1. The van der Waals surface area contributed by atoms with Crippen molar-refractivity contribution in [1.82, 2.24) is 0 Å². The number of phenolic OH excluding ortho intramolecular Hbond substituents is 1. The second kappa shape index (κ2) is 5.91. The first-order valence-corrected chi connectivity index (χ1v) is 7.24. The van der Waals surface area contributed by atoms with Crippen molar-refractivity contribution < 1.29 is 9.84 Å². The first-order chi connectivity index (χ1) is 7.13. The van der Waals surface area contributed by atoms with E-state index in [0.717, 1.165) is 6.42 Å². The summed E-state index contributed by atoms with van der Waals surface area (Å²) in [4.78, 5) is 0. The Kier molecular flexibility index (Phi) is 4.82. The Bertz CT molecular complexity index is 310. The lowest BCUT2D eigenvalue weighted by atomic mass is 10.1. The van der Waals surface area contributed by atoms with Crippen LogP contribution in [0.25, 0.3) is 0 Å². The summed E-state index contributed by atoms with van der Waals surface area (Å²) in [6, 6.07) is 5.58. The number of aryl methyl sites for hydroxylation is 1. The van der Waals surface area contributed by atoms with Gasteiger partial charge in [-0.25, -0.2) is 0 Å². The molecule has 0 aromatic heterocycles. The van der Waals surface area contributed by atoms with Gasteiger partial charge < -0.3 is 9.84 Å². The minimum Gasteiger partial charge on any atom is -0.504 e. The van der Waals surface area contributed by atoms with Crippen LogP contribution in [0.5, 0.6) is 11.5 Å². The van der Waals surface area contributed by atoms with Gasteiger partial charge in [-0.15, -0.1) is 0 Å². The highest BCUT2D eigenvalue weighted by Crippen LogP contribution is 2.26. The molecule has 0 aliphatic carbocycles. The molecule has 15 heavy (non-hydrogen) atoms. The number of benzene rings is 1. The summed E-state index contributed by atoms with van der Waals surface area (Å²) < 4.78 is 5.06. The van der Waals surface area contributed by atoms with E-state index in [9.17, 15) is 5.11 Å². The van der Waals surface area contributed by atoms with E-state index in [4.69, 9.17) is 4.74 Å². The van der Waals surface area contributed by atoms with Crippen molar-refractivity contribution in [2.24, 2.45) is 0 Å². The third kappa shape index (κ3) is 4.04. The third-order valence-electron chi connectivity index (χ3n) is 2.26. The fourth-order valence-electron chi connectivity index (χ4n) is 1.44. The molecule has 0 spiro atoms. The van der Waals surface area contributed by atoms with E-state index in [0.29, 0.717) is 16.6 Å². The molecule has 3 heteroatoms. The second-order valence-corrected chi connectivity index (χ2v) is 6.18. The van der Waals surface area contributed by atoms with Gasteiger partial charge in [0.2, 0.25) is 0 Å². The Labute approximate surface area is 94.6 Å². The number of rotatable bonds is 5. The maximum Gasteiger partial charge on any atom is 0.160 e. The van der Waals surface area contributed by atoms with E-state index in [-0.39, 0.29) is 5.75 Å². The van der Waals surface area contributed by atoms with Gasteiger partial charge in [0.15, 0.2) is 11.5 Å². The first-order valence-electron chi connectivity index (χ1n) is 5.03. The number of aromatic hydroxyl groups is 1. The fraction of sp³-hybridized carbons (Fsp3) is 0.500. The molecule has 0 saturated heterocycles. The van der Waals surface area contributed by atoms with E-state index in [1.165, 1.54) is 17.7 Å². The number of ether oxygens (including phenoxy) is 1. The zero-order valence-corrected chi connectivity index (χ0v) is 10.4. The lowest BCUT2D eigenvalue weighted by Gasteiger charge is -2.06. The van der Waals surface area contributed by atoms with Crippen LogP contribution in [0.1, 0.15) is 12.0 Å². The number of hydrogen-bond donors (Lipinski definition) is 1. The Morgan fingerprint density at radius 2 is 2.07 bits per heavy atom. The van der Waals surface area contributed by atoms with Gasteiger partial charge in [0.05, 0.1) is 19.6 Å². The summed E-state index contributed by atoms with van der Waals surface area (Å²) in [5, 5.41) is 9.42. The molecule has 0 heterocycles. The van der Waals surface area contributed by atoms with Gasteiger partial charge in [-0.05, 0) is 41.4 Å². The van der Waals surface area contributed by atoms with Gasteiger partial charge in [-0.3, -0.25) is 0 Å². The highest BCUT2D eigenvalue weighted by atomic mass is 32.2. The van der Waals surface area contributed by atoms with Crippen molar-refractivity contribution in [3.05, 3.63) is 23.8 Å². The highest BCUT2D eigenvalue weighted by molar-refractivity contribution is 7.95. The number of methoxy groups -OCH3 is 1. The summed E-state index contributed by atoms with van der Waals surface area (Å²) in [5.41, 5.74) is 1.23. The first kappa shape index (κ1) is 12.2. The molecule has 84 valence electrons. The molecular formula is C12H19O2S+. The van der Waals surface area contributed by atoms with Crippen LogP contribution < -0.4 is 4.74 Å². The second-order valence-electron chi connectivity index (χ2n) is 3.80. The maximum absolute atomic E-state index is 9.42. The van der Waals surface area contributed by atoms with E-state index in [2.05, 4.69) is 12.5 Å². The highest BCUT2D eigenvalue weighted by Gasteiger charge is 2.05. The van der Waals surface area contributed by atoms with E-state index < -0.39 is 0 Å². The molecule has 0 radical (unpaired) electrons. The molecular weight excluding hydrogens is 208 g/mol. The van der Waals surface area contributed by atoms with E-state index >= 15 is 0 Å². The fourth-order valence-corrected chi connectivity index (χ4v) is 2.16. The molecule has 1 aromatic rings. The Morgan fingerprint density at radius 3 is 2.67 bits per heavy atom. The SMILES string of the molecule is COc1cc(CCC[S+](C)C)ccc1O. The molecule has 0 aliphatic rings. The molecule has 1 rings (SSSR count). The van der Waals surface area contributed by atoms with Crippen LogP contribution in [0.15, 0.2) is 18.2 Å². The Morgan fingerprint density at radius 1 is 1.33 bits per heavy atom. The third-order valence-corrected chi connectivity index (χ3v) is 3.37. The van der Waals surface area contributed by atoms with Crippen molar-refractivity contribution >= 4 is 10.9 Å². The molecule has 0 aliphatic heterocycles. The average Bonchev–Trinajstić information content (AvgIpc) is 2.20. The van der Waals surface area contributed by atoms with Crippen LogP contribution in [0.4, 0.5) is 0 Å². The molecule has 0 amide bonds. The van der Waals surface area contributed by atoms with Crippen molar-refractivity contribution in [1.29, 1.82) is 0 Å². The van der Waals surface area contributed by atoms with Crippen LogP contribution in [0.2, 0.25) is 0 Å². The van der Waals surface area contributed by atoms with Gasteiger partial charge in [0.1, 0.15) is 5.75 Å². The van der Waals surface area contributed by atoms with Crippen molar-refractivity contribution in [2.45, 2.75) is 12.8 Å². The molecule has 1 aromatic carbocycles. The lowest BCUT2D eigenvalue weighted by Crippen LogP contribution is -2.02. The largest absolute Gasteiger partial charge is 0.504 e. The Balaban J connectivity index is 2.54. The Hall–Kier alpha value is -0.830. The predicted molar refractivity (Wildman–Crippen MR) is 67.1 cm³/mol. The molecule has 0 atom stereocenters. The minimum atomic E-state index is 0.215. The van der Waals surface area contributed by atoms with Crippen LogP contribution >= 0.6 is 0 Å². The molecule has 0 unspecified atom stereocenters. The number of hydrogen-bond acceptors (Lipinski definition) is 2. The number of phenols is 1. The lowest BCUT2D eigenvalue weighted by molar-refractivity contribution is 0.373. The van der Waals surface area contributed by atoms with Gasteiger partial charge in [-0.1, -0.05) is 6.07 Å². The molecule has 0 bridgehead atoms. The van der Waals surface area contributed by atoms with Gasteiger partial charge in [-0.2, -0.15) is 0 Å². The summed E-state index contributed by atoms with van der Waals surface area (Å²) in [5.74, 6) is 2.05. The van der Waals surface area contributed by atoms with Gasteiger partial charge in [0.25, 0.3) is 0 Å². The smallest absolute Gasteiger partial charge is 0.160 e. The van der Waals surface area contributed by atoms with E-state index in [1.54, 1.807) is 13.2 Å². The summed E-state index contributed by atoms with van der Waals surface area (Å²) >= 11 is 0. The van der Waals surface area contributed by atoms with Gasteiger partial charge in [0, 0.05) is 0 Å². The van der Waals surface area contributed by atoms with Crippen molar-refractivity contribution in [2.75, 3.05) is 25.4 Å². The van der Waals surface area contributed by atoms with E-state index in [1.807, 2.05) is 12.1 Å². The maximum atomic E-state index is 9.42. The minimum absolute atomic E-state index is 0.215. The summed E-state index contributed by atoms with van der Waals surface area (Å²) in [6.45, 7) is 0. The molecule has 0 fully saturated rings. The quantitative estimate of drug-likeness (QED) is 0.782. The zero-order valence-electron chi connectivity index (χ0n) is 9.62. The van der Waals surface area contributed by atoms with Crippen molar-refractivity contribution in [3.8, 4) is 11.5 Å². The topological polar surface area (TPSA) is 29.5 Å². The normalized spacial score (nSPS) is 10.7. The molecule has 0 saturated carbocycles. The zero-order chi connectivity index (χ0) is 11.3. The van der Waals surface area contributed by atoms with Gasteiger partial charge >= 0.3 is 0 Å². The van der Waals surface area contributed by atoms with Crippen molar-refractivity contribution in [3.63, 3.8) is 0 Å². The summed E-state index contributed by atoms with van der Waals surface area (Å²) in [7, 11) is 2.10. The molecule has 1 N–H and O–H groups in total. The van der Waals surface area contributed by atoms with Crippen LogP contribution in [0.3, 0.4) is 0 Å². The van der Waals surface area contributed by atoms with Crippen LogP contribution in [-0.4, -0.2) is 30.5 Å². The average molecular weight is 227 g/mol. The van der Waals surface area contributed by atoms with Crippen LogP contribution in [-0.2, 0) is 17.3 Å². The monoisotopic (exact) mass is 227 g/mol. The van der Waals surface area contributed by atoms with Crippen LogP contribution in [0, 0.1) is 0 Å².